The fraction of sp³-hybridized carbons (Fsp3) is 0.450. The maximum Gasteiger partial charge on any atom is 0.252 e. The molecule has 9 heteroatoms. The largest absolute Gasteiger partial charge is 0.357 e. The van der Waals surface area contributed by atoms with Crippen LogP contribution in [0.15, 0.2) is 45.6 Å². The van der Waals surface area contributed by atoms with Gasteiger partial charge in [-0.1, -0.05) is 36.8 Å². The molecule has 2 aromatic rings. The van der Waals surface area contributed by atoms with E-state index >= 15 is 0 Å². The number of aliphatic imine (C=N–C) groups is 1. The van der Waals surface area contributed by atoms with Gasteiger partial charge in [-0.05, 0) is 37.5 Å². The molecule has 0 fully saturated rings. The molecule has 1 unspecified atom stereocenters. The van der Waals surface area contributed by atoms with Gasteiger partial charge in [-0.3, -0.25) is 0 Å². The molecule has 0 bridgehead atoms. The third-order valence-electron chi connectivity index (χ3n) is 4.33. The topological polar surface area (TPSA) is 73.8 Å². The predicted octanol–water partition coefficient (Wildman–Crippen LogP) is 3.78. The van der Waals surface area contributed by atoms with E-state index in [2.05, 4.69) is 53.7 Å². The van der Waals surface area contributed by atoms with Crippen LogP contribution in [0, 0.1) is 6.92 Å². The second-order valence-electron chi connectivity index (χ2n) is 6.90. The highest BCUT2D eigenvalue weighted by Gasteiger charge is 2.19. The van der Waals surface area contributed by atoms with Gasteiger partial charge in [0.05, 0.1) is 6.54 Å². The highest BCUT2D eigenvalue weighted by molar-refractivity contribution is 14.0. The number of aryl methyl sites for hydroxylation is 1. The first kappa shape index (κ1) is 25.9. The van der Waals surface area contributed by atoms with Crippen molar-refractivity contribution in [2.75, 3.05) is 27.2 Å². The second-order valence-corrected chi connectivity index (χ2v) is 10.4. The normalized spacial score (nSPS) is 13.1. The van der Waals surface area contributed by atoms with Crippen molar-refractivity contribution in [3.8, 4) is 0 Å². The van der Waals surface area contributed by atoms with E-state index in [-0.39, 0.29) is 24.0 Å². The fourth-order valence-corrected chi connectivity index (χ4v) is 4.97. The van der Waals surface area contributed by atoms with Crippen molar-refractivity contribution in [2.24, 2.45) is 4.99 Å². The highest BCUT2D eigenvalue weighted by atomic mass is 127. The van der Waals surface area contributed by atoms with Crippen molar-refractivity contribution in [1.29, 1.82) is 0 Å². The summed E-state index contributed by atoms with van der Waals surface area (Å²) < 4.78 is 26.0. The highest BCUT2D eigenvalue weighted by Crippen LogP contribution is 2.24. The van der Waals surface area contributed by atoms with E-state index in [0.717, 1.165) is 23.9 Å². The van der Waals surface area contributed by atoms with Gasteiger partial charge in [0.15, 0.2) is 5.96 Å². The van der Waals surface area contributed by atoms with Gasteiger partial charge in [0, 0.05) is 32.1 Å². The number of halogens is 1. The summed E-state index contributed by atoms with van der Waals surface area (Å²) in [6.07, 6.45) is 0. The first-order valence-corrected chi connectivity index (χ1v) is 11.6. The first-order valence-electron chi connectivity index (χ1n) is 9.34. The quantitative estimate of drug-likeness (QED) is 0.298. The van der Waals surface area contributed by atoms with Crippen LogP contribution in [-0.2, 0) is 16.6 Å². The summed E-state index contributed by atoms with van der Waals surface area (Å²) in [7, 11) is -0.314. The molecule has 1 aromatic carbocycles. The lowest BCUT2D eigenvalue weighted by Crippen LogP contribution is -2.39. The molecule has 1 heterocycles. The molecule has 2 rings (SSSR count). The zero-order chi connectivity index (χ0) is 20.7. The third kappa shape index (κ3) is 7.54. The average Bonchev–Trinajstić information content (AvgIpc) is 3.14. The summed E-state index contributed by atoms with van der Waals surface area (Å²) in [4.78, 5) is 5.51. The Morgan fingerprint density at radius 1 is 1.14 bits per heavy atom. The van der Waals surface area contributed by atoms with Gasteiger partial charge in [0.2, 0.25) is 0 Å². The fourth-order valence-electron chi connectivity index (χ4n) is 2.52. The Morgan fingerprint density at radius 3 is 2.38 bits per heavy atom. The van der Waals surface area contributed by atoms with Gasteiger partial charge < -0.3 is 10.6 Å². The number of nitrogens with one attached hydrogen (secondary N) is 2. The van der Waals surface area contributed by atoms with Gasteiger partial charge in [0.1, 0.15) is 4.21 Å². The van der Waals surface area contributed by atoms with Crippen LogP contribution in [0.2, 0.25) is 0 Å². The van der Waals surface area contributed by atoms with Gasteiger partial charge in [-0.25, -0.2) is 17.7 Å². The number of benzene rings is 1. The number of rotatable bonds is 8. The van der Waals surface area contributed by atoms with Crippen molar-refractivity contribution >= 4 is 51.3 Å². The summed E-state index contributed by atoms with van der Waals surface area (Å²) >= 11 is 1.26. The van der Waals surface area contributed by atoms with Crippen LogP contribution in [0.25, 0.3) is 0 Å². The standard InChI is InChI=1S/C20H30N4O2S2.HI/c1-6-21-20(22-13-16(3)17-9-7-15(2)8-10-17)23-14-18-11-12-19(27-18)28(25,26)24(4)5;/h7-12,16H,6,13-14H2,1-5H3,(H2,21,22,23);1H. The summed E-state index contributed by atoms with van der Waals surface area (Å²) in [6.45, 7) is 8.24. The predicted molar refractivity (Wildman–Crippen MR) is 133 cm³/mol. The molecule has 6 nitrogen and oxygen atoms in total. The molecule has 2 N–H and O–H groups in total. The monoisotopic (exact) mass is 550 g/mol. The smallest absolute Gasteiger partial charge is 0.252 e. The Balaban J connectivity index is 0.00000420. The average molecular weight is 551 g/mol. The molecule has 0 aliphatic carbocycles. The Bertz CT molecular complexity index is 893. The van der Waals surface area contributed by atoms with Crippen LogP contribution in [0.5, 0.6) is 0 Å². The molecule has 1 aromatic heterocycles. The summed E-state index contributed by atoms with van der Waals surface area (Å²) in [5.41, 5.74) is 2.54. The Labute approximate surface area is 195 Å². The SMILES string of the molecule is CCNC(=NCc1ccc(S(=O)(=O)N(C)C)s1)NCC(C)c1ccc(C)cc1.I. The van der Waals surface area contributed by atoms with Gasteiger partial charge in [-0.2, -0.15) is 0 Å². The van der Waals surface area contributed by atoms with E-state index in [9.17, 15) is 8.42 Å². The minimum Gasteiger partial charge on any atom is -0.357 e. The van der Waals surface area contributed by atoms with Gasteiger partial charge in [0.25, 0.3) is 10.0 Å². The summed E-state index contributed by atoms with van der Waals surface area (Å²) in [6, 6.07) is 12.0. The Kier molecular flexibility index (Phi) is 10.6. The lowest BCUT2D eigenvalue weighted by Gasteiger charge is -2.16. The van der Waals surface area contributed by atoms with E-state index in [0.29, 0.717) is 16.7 Å². The van der Waals surface area contributed by atoms with Crippen LogP contribution in [0.1, 0.15) is 35.8 Å². The van der Waals surface area contributed by atoms with Crippen molar-refractivity contribution in [2.45, 2.75) is 37.4 Å². The maximum atomic E-state index is 12.2. The first-order chi connectivity index (χ1) is 13.2. The Hall–Kier alpha value is -1.17. The summed E-state index contributed by atoms with van der Waals surface area (Å²) in [5, 5.41) is 6.62. The van der Waals surface area contributed by atoms with E-state index in [1.165, 1.54) is 40.9 Å². The number of hydrogen-bond acceptors (Lipinski definition) is 4. The molecule has 0 aliphatic heterocycles. The number of hydrogen-bond donors (Lipinski definition) is 2. The molecule has 0 saturated heterocycles. The number of guanidine groups is 1. The second kappa shape index (κ2) is 11.9. The van der Waals surface area contributed by atoms with Crippen LogP contribution >= 0.6 is 35.3 Å². The van der Waals surface area contributed by atoms with Gasteiger partial charge >= 0.3 is 0 Å². The van der Waals surface area contributed by atoms with E-state index in [1.807, 2.05) is 13.0 Å². The van der Waals surface area contributed by atoms with Crippen molar-refractivity contribution < 1.29 is 8.42 Å². The van der Waals surface area contributed by atoms with E-state index in [1.54, 1.807) is 6.07 Å². The lowest BCUT2D eigenvalue weighted by atomic mass is 10.0. The van der Waals surface area contributed by atoms with Crippen molar-refractivity contribution in [3.63, 3.8) is 0 Å². The molecule has 0 aliphatic rings. The molecule has 0 saturated carbocycles. The number of thiophene rings is 1. The molecule has 29 heavy (non-hydrogen) atoms. The number of nitrogens with zero attached hydrogens (tertiary/aromatic N) is 2. The molecular weight excluding hydrogens is 519 g/mol. The molecule has 0 amide bonds. The molecular formula is C20H31IN4O2S2. The van der Waals surface area contributed by atoms with Crippen LogP contribution < -0.4 is 10.6 Å². The molecule has 1 atom stereocenters. The minimum absolute atomic E-state index is 0. The van der Waals surface area contributed by atoms with E-state index in [4.69, 9.17) is 0 Å². The van der Waals surface area contributed by atoms with Crippen LogP contribution in [0.4, 0.5) is 0 Å². The van der Waals surface area contributed by atoms with Crippen LogP contribution in [-0.4, -0.2) is 45.9 Å². The van der Waals surface area contributed by atoms with E-state index < -0.39 is 10.0 Å². The zero-order valence-electron chi connectivity index (χ0n) is 17.6. The maximum absolute atomic E-state index is 12.2. The number of sulfonamides is 1. The summed E-state index contributed by atoms with van der Waals surface area (Å²) in [5.74, 6) is 1.08. The lowest BCUT2D eigenvalue weighted by molar-refractivity contribution is 0.523. The van der Waals surface area contributed by atoms with Crippen LogP contribution in [0.3, 0.4) is 0 Å². The zero-order valence-corrected chi connectivity index (χ0v) is 21.6. The molecule has 0 radical (unpaired) electrons. The van der Waals surface area contributed by atoms with Gasteiger partial charge in [-0.15, -0.1) is 35.3 Å². The molecule has 162 valence electrons. The van der Waals surface area contributed by atoms with Crippen molar-refractivity contribution in [3.05, 3.63) is 52.4 Å². The third-order valence-corrected chi connectivity index (χ3v) is 7.68. The molecule has 0 spiro atoms. The Morgan fingerprint density at radius 2 is 1.79 bits per heavy atom. The minimum atomic E-state index is -3.39. The van der Waals surface area contributed by atoms with Crippen molar-refractivity contribution in [1.82, 2.24) is 14.9 Å².